The number of ether oxygens (including phenoxy) is 3. The van der Waals surface area contributed by atoms with Gasteiger partial charge in [-0.15, -0.1) is 11.8 Å². The van der Waals surface area contributed by atoms with Crippen LogP contribution in [0.4, 0.5) is 0 Å². The Kier molecular flexibility index (Phi) is 8.70. The molecular formula is C22H30O6S. The predicted octanol–water partition coefficient (Wildman–Crippen LogP) is 5.23. The molecule has 1 fully saturated rings. The lowest BCUT2D eigenvalue weighted by Crippen LogP contribution is -2.22. The van der Waals surface area contributed by atoms with Gasteiger partial charge in [0, 0.05) is 17.6 Å². The van der Waals surface area contributed by atoms with E-state index in [1.165, 1.54) is 17.2 Å². The molecule has 2 aromatic heterocycles. The van der Waals surface area contributed by atoms with E-state index >= 15 is 0 Å². The molecule has 1 unspecified atom stereocenters. The number of unbranched alkanes of at least 4 members (excludes halogenated alkanes) is 2. The minimum atomic E-state index is -0.204. The van der Waals surface area contributed by atoms with Crippen LogP contribution in [0.2, 0.25) is 0 Å². The van der Waals surface area contributed by atoms with Crippen LogP contribution < -0.4 is 10.2 Å². The zero-order valence-corrected chi connectivity index (χ0v) is 18.1. The van der Waals surface area contributed by atoms with Crippen molar-refractivity contribution in [1.82, 2.24) is 0 Å². The molecule has 0 N–H and O–H groups in total. The molecule has 1 aliphatic rings. The van der Waals surface area contributed by atoms with Crippen LogP contribution in [0, 0.1) is 13.8 Å². The minimum absolute atomic E-state index is 0.180. The standard InChI is InChI=1S/C22H30O6S/c1-16-12-21(17(2)28-16)29-11-7-3-5-9-24-20-15-26-18(13-19(20)23)14-27-22-8-4-6-10-25-22/h12-13,15,22H,3-11,14H2,1-2H3. The van der Waals surface area contributed by atoms with Crippen molar-refractivity contribution in [1.29, 1.82) is 0 Å². The maximum absolute atomic E-state index is 12.2. The first-order valence-corrected chi connectivity index (χ1v) is 11.3. The van der Waals surface area contributed by atoms with Gasteiger partial charge in [-0.1, -0.05) is 0 Å². The largest absolute Gasteiger partial charge is 0.487 e. The van der Waals surface area contributed by atoms with Gasteiger partial charge in [0.25, 0.3) is 0 Å². The predicted molar refractivity (Wildman–Crippen MR) is 112 cm³/mol. The average Bonchev–Trinajstić information content (AvgIpc) is 3.04. The van der Waals surface area contributed by atoms with Gasteiger partial charge >= 0.3 is 0 Å². The van der Waals surface area contributed by atoms with Crippen LogP contribution in [0.1, 0.15) is 55.8 Å². The topological polar surface area (TPSA) is 71.0 Å². The van der Waals surface area contributed by atoms with Crippen LogP contribution in [0.5, 0.6) is 5.75 Å². The Labute approximate surface area is 175 Å². The number of hydrogen-bond acceptors (Lipinski definition) is 7. The summed E-state index contributed by atoms with van der Waals surface area (Å²) in [7, 11) is 0. The number of hydrogen-bond donors (Lipinski definition) is 0. The van der Waals surface area contributed by atoms with Crippen molar-refractivity contribution in [2.75, 3.05) is 19.0 Å². The summed E-state index contributed by atoms with van der Waals surface area (Å²) in [6.07, 6.45) is 7.26. The summed E-state index contributed by atoms with van der Waals surface area (Å²) >= 11 is 1.82. The van der Waals surface area contributed by atoms with Crippen molar-refractivity contribution < 1.29 is 23.0 Å². The summed E-state index contributed by atoms with van der Waals surface area (Å²) < 4.78 is 27.7. The monoisotopic (exact) mass is 422 g/mol. The summed E-state index contributed by atoms with van der Waals surface area (Å²) in [5.41, 5.74) is -0.180. The molecule has 0 aliphatic carbocycles. The molecule has 160 valence electrons. The SMILES string of the molecule is Cc1cc(SCCCCCOc2coc(COC3CCCCO3)cc2=O)c(C)o1. The number of rotatable bonds is 11. The van der Waals surface area contributed by atoms with Crippen molar-refractivity contribution in [3.05, 3.63) is 45.9 Å². The second-order valence-electron chi connectivity index (χ2n) is 7.22. The molecule has 2 aromatic rings. The number of aryl methyl sites for hydroxylation is 2. The second-order valence-corrected chi connectivity index (χ2v) is 8.35. The van der Waals surface area contributed by atoms with Gasteiger partial charge in [0.05, 0.1) is 6.61 Å². The molecule has 0 spiro atoms. The van der Waals surface area contributed by atoms with Gasteiger partial charge in [-0.25, -0.2) is 0 Å². The molecule has 29 heavy (non-hydrogen) atoms. The van der Waals surface area contributed by atoms with E-state index in [-0.39, 0.29) is 24.1 Å². The quantitative estimate of drug-likeness (QED) is 0.362. The van der Waals surface area contributed by atoms with Crippen molar-refractivity contribution in [3.8, 4) is 5.75 Å². The fourth-order valence-corrected chi connectivity index (χ4v) is 4.20. The van der Waals surface area contributed by atoms with Crippen molar-refractivity contribution >= 4 is 11.8 Å². The minimum Gasteiger partial charge on any atom is -0.487 e. The lowest BCUT2D eigenvalue weighted by atomic mass is 10.2. The Hall–Kier alpha value is -1.70. The molecule has 6 nitrogen and oxygen atoms in total. The van der Waals surface area contributed by atoms with Crippen molar-refractivity contribution in [2.45, 2.75) is 70.2 Å². The molecular weight excluding hydrogens is 392 g/mol. The average molecular weight is 423 g/mol. The first kappa shape index (κ1) is 22.0. The third-order valence-electron chi connectivity index (χ3n) is 4.70. The molecule has 0 amide bonds. The highest BCUT2D eigenvalue weighted by Gasteiger charge is 2.15. The van der Waals surface area contributed by atoms with E-state index in [1.54, 1.807) is 0 Å². The van der Waals surface area contributed by atoms with E-state index < -0.39 is 0 Å². The third-order valence-corrected chi connectivity index (χ3v) is 5.91. The van der Waals surface area contributed by atoms with Gasteiger partial charge in [0.1, 0.15) is 30.2 Å². The molecule has 0 aromatic carbocycles. The first-order valence-electron chi connectivity index (χ1n) is 10.3. The van der Waals surface area contributed by atoms with Crippen molar-refractivity contribution in [2.24, 2.45) is 0 Å². The van der Waals surface area contributed by atoms with E-state index in [2.05, 4.69) is 6.07 Å². The van der Waals surface area contributed by atoms with Crippen LogP contribution in [0.25, 0.3) is 0 Å². The lowest BCUT2D eigenvalue weighted by molar-refractivity contribution is -0.171. The smallest absolute Gasteiger partial charge is 0.227 e. The van der Waals surface area contributed by atoms with Crippen LogP contribution in [-0.4, -0.2) is 25.3 Å². The van der Waals surface area contributed by atoms with Gasteiger partial charge in [-0.3, -0.25) is 4.79 Å². The Balaban J connectivity index is 1.30. The van der Waals surface area contributed by atoms with Gasteiger partial charge in [-0.2, -0.15) is 0 Å². The zero-order valence-electron chi connectivity index (χ0n) is 17.2. The Morgan fingerprint density at radius 1 is 1.17 bits per heavy atom. The van der Waals surface area contributed by atoms with Crippen LogP contribution in [0.15, 0.2) is 36.9 Å². The molecule has 3 rings (SSSR count). The second kappa shape index (κ2) is 11.5. The Morgan fingerprint density at radius 2 is 2.07 bits per heavy atom. The summed E-state index contributed by atoms with van der Waals surface area (Å²) in [6.45, 7) is 5.42. The van der Waals surface area contributed by atoms with Gasteiger partial charge in [-0.05, 0) is 64.2 Å². The molecule has 0 bridgehead atoms. The highest BCUT2D eigenvalue weighted by Crippen LogP contribution is 2.26. The van der Waals surface area contributed by atoms with E-state index in [0.717, 1.165) is 62.4 Å². The summed E-state index contributed by atoms with van der Waals surface area (Å²) in [4.78, 5) is 13.4. The molecule has 1 aliphatic heterocycles. The maximum Gasteiger partial charge on any atom is 0.227 e. The summed E-state index contributed by atoms with van der Waals surface area (Å²) in [5.74, 6) is 3.72. The van der Waals surface area contributed by atoms with Gasteiger partial charge in [0.15, 0.2) is 6.29 Å². The maximum atomic E-state index is 12.2. The molecule has 0 saturated carbocycles. The fraction of sp³-hybridized carbons (Fsp3) is 0.591. The van der Waals surface area contributed by atoms with Gasteiger partial charge < -0.3 is 23.0 Å². The van der Waals surface area contributed by atoms with Gasteiger partial charge in [0.2, 0.25) is 11.2 Å². The van der Waals surface area contributed by atoms with Crippen LogP contribution in [0.3, 0.4) is 0 Å². The Morgan fingerprint density at radius 3 is 2.79 bits per heavy atom. The van der Waals surface area contributed by atoms with Crippen molar-refractivity contribution in [3.63, 3.8) is 0 Å². The number of furan rings is 1. The zero-order chi connectivity index (χ0) is 20.5. The third kappa shape index (κ3) is 7.24. The summed E-state index contributed by atoms with van der Waals surface area (Å²) in [5, 5.41) is 0. The number of thioether (sulfide) groups is 1. The molecule has 0 radical (unpaired) electrons. The highest BCUT2D eigenvalue weighted by molar-refractivity contribution is 7.99. The Bertz CT molecular complexity index is 806. The summed E-state index contributed by atoms with van der Waals surface area (Å²) in [6, 6.07) is 3.52. The first-order chi connectivity index (χ1) is 14.1. The van der Waals surface area contributed by atoms with E-state index in [0.29, 0.717) is 12.4 Å². The molecule has 1 atom stereocenters. The molecule has 7 heteroatoms. The fourth-order valence-electron chi connectivity index (χ4n) is 3.13. The lowest BCUT2D eigenvalue weighted by Gasteiger charge is -2.22. The normalized spacial score (nSPS) is 16.8. The molecule has 1 saturated heterocycles. The highest BCUT2D eigenvalue weighted by atomic mass is 32.2. The van der Waals surface area contributed by atoms with Crippen LogP contribution >= 0.6 is 11.8 Å². The van der Waals surface area contributed by atoms with E-state index in [1.807, 2.05) is 25.6 Å². The van der Waals surface area contributed by atoms with E-state index in [9.17, 15) is 4.79 Å². The van der Waals surface area contributed by atoms with E-state index in [4.69, 9.17) is 23.0 Å². The molecule has 3 heterocycles. The van der Waals surface area contributed by atoms with Crippen LogP contribution in [-0.2, 0) is 16.1 Å².